The first-order chi connectivity index (χ1) is 8.24. The van der Waals surface area contributed by atoms with E-state index in [2.05, 4.69) is 4.98 Å². The van der Waals surface area contributed by atoms with Crippen molar-refractivity contribution in [3.63, 3.8) is 0 Å². The van der Waals surface area contributed by atoms with Gasteiger partial charge in [-0.2, -0.15) is 11.8 Å². The average Bonchev–Trinajstić information content (AvgIpc) is 2.96. The van der Waals surface area contributed by atoms with Crippen molar-refractivity contribution in [2.75, 3.05) is 11.5 Å². The first-order valence-electron chi connectivity index (χ1n) is 5.45. The maximum absolute atomic E-state index is 10.8. The largest absolute Gasteiger partial charge is 0.478 e. The van der Waals surface area contributed by atoms with E-state index >= 15 is 0 Å². The Bertz CT molecular complexity index is 572. The van der Waals surface area contributed by atoms with Crippen LogP contribution in [0.2, 0.25) is 0 Å². The number of oxazole rings is 1. The highest BCUT2D eigenvalue weighted by Gasteiger charge is 2.23. The molecular weight excluding hydrogens is 238 g/mol. The fourth-order valence-corrected chi connectivity index (χ4v) is 3.19. The molecule has 0 bridgehead atoms. The molecule has 2 heterocycles. The summed E-state index contributed by atoms with van der Waals surface area (Å²) in [6.07, 6.45) is 1.09. The summed E-state index contributed by atoms with van der Waals surface area (Å²) in [6, 6.07) is 4.80. The van der Waals surface area contributed by atoms with Crippen LogP contribution in [0, 0.1) is 0 Å². The zero-order valence-electron chi connectivity index (χ0n) is 9.05. The molecule has 0 spiro atoms. The van der Waals surface area contributed by atoms with Crippen LogP contribution in [0.15, 0.2) is 22.6 Å². The Labute approximate surface area is 102 Å². The number of carbonyl (C=O) groups is 1. The van der Waals surface area contributed by atoms with Crippen LogP contribution in [-0.2, 0) is 0 Å². The zero-order valence-corrected chi connectivity index (χ0v) is 9.87. The zero-order chi connectivity index (χ0) is 11.8. The molecule has 1 atom stereocenters. The van der Waals surface area contributed by atoms with Gasteiger partial charge in [0.1, 0.15) is 5.52 Å². The normalized spacial score (nSPS) is 19.9. The van der Waals surface area contributed by atoms with Gasteiger partial charge in [0.2, 0.25) is 0 Å². The Morgan fingerprint density at radius 1 is 1.53 bits per heavy atom. The third-order valence-corrected chi connectivity index (χ3v) is 4.09. The van der Waals surface area contributed by atoms with Crippen molar-refractivity contribution in [3.8, 4) is 0 Å². The molecule has 0 saturated carbocycles. The van der Waals surface area contributed by atoms with Gasteiger partial charge in [-0.3, -0.25) is 0 Å². The van der Waals surface area contributed by atoms with Crippen molar-refractivity contribution in [2.24, 2.45) is 0 Å². The number of rotatable bonds is 2. The van der Waals surface area contributed by atoms with E-state index < -0.39 is 5.97 Å². The van der Waals surface area contributed by atoms with E-state index in [0.717, 1.165) is 29.3 Å². The number of thioether (sulfide) groups is 1. The summed E-state index contributed by atoms with van der Waals surface area (Å²) < 4.78 is 5.65. The summed E-state index contributed by atoms with van der Waals surface area (Å²) >= 11 is 1.90. The second kappa shape index (κ2) is 4.07. The standard InChI is InChI=1S/C12H11NO3S/c14-12(15)7-1-2-9-10(5-7)16-11(13-9)8-3-4-17-6-8/h1-2,5,8H,3-4,6H2,(H,14,15). The molecule has 1 aromatic carbocycles. The lowest BCUT2D eigenvalue weighted by atomic mass is 10.1. The molecule has 88 valence electrons. The maximum atomic E-state index is 10.8. The third kappa shape index (κ3) is 1.91. The van der Waals surface area contributed by atoms with Crippen LogP contribution >= 0.6 is 11.8 Å². The van der Waals surface area contributed by atoms with Crippen molar-refractivity contribution in [1.29, 1.82) is 0 Å². The predicted molar refractivity (Wildman–Crippen MR) is 65.7 cm³/mol. The maximum Gasteiger partial charge on any atom is 0.335 e. The van der Waals surface area contributed by atoms with Crippen LogP contribution in [0.4, 0.5) is 0 Å². The van der Waals surface area contributed by atoms with Gasteiger partial charge in [0.05, 0.1) is 5.56 Å². The number of aromatic nitrogens is 1. The molecule has 2 aromatic rings. The minimum absolute atomic E-state index is 0.237. The molecule has 0 amide bonds. The molecule has 1 N–H and O–H groups in total. The van der Waals surface area contributed by atoms with Gasteiger partial charge in [-0.1, -0.05) is 0 Å². The number of benzene rings is 1. The first-order valence-corrected chi connectivity index (χ1v) is 6.61. The number of hydrogen-bond donors (Lipinski definition) is 1. The molecule has 3 rings (SSSR count). The van der Waals surface area contributed by atoms with E-state index in [4.69, 9.17) is 9.52 Å². The molecule has 0 aliphatic carbocycles. The Morgan fingerprint density at radius 3 is 3.12 bits per heavy atom. The van der Waals surface area contributed by atoms with Crippen LogP contribution in [0.25, 0.3) is 11.1 Å². The lowest BCUT2D eigenvalue weighted by Gasteiger charge is -1.99. The average molecular weight is 249 g/mol. The Hall–Kier alpha value is -1.49. The minimum atomic E-state index is -0.943. The lowest BCUT2D eigenvalue weighted by Crippen LogP contribution is -1.95. The van der Waals surface area contributed by atoms with Gasteiger partial charge in [0.15, 0.2) is 11.5 Å². The van der Waals surface area contributed by atoms with Crippen molar-refractivity contribution in [2.45, 2.75) is 12.3 Å². The molecule has 1 aliphatic heterocycles. The number of nitrogens with zero attached hydrogens (tertiary/aromatic N) is 1. The Morgan fingerprint density at radius 2 is 2.41 bits per heavy atom. The number of carboxylic acid groups (broad SMARTS) is 1. The highest BCUT2D eigenvalue weighted by molar-refractivity contribution is 7.99. The minimum Gasteiger partial charge on any atom is -0.478 e. The van der Waals surface area contributed by atoms with Gasteiger partial charge in [0, 0.05) is 11.7 Å². The number of carboxylic acids is 1. The molecule has 1 unspecified atom stereocenters. The summed E-state index contributed by atoms with van der Waals surface area (Å²) in [6.45, 7) is 0. The topological polar surface area (TPSA) is 63.3 Å². The highest BCUT2D eigenvalue weighted by atomic mass is 32.2. The lowest BCUT2D eigenvalue weighted by molar-refractivity contribution is 0.0697. The Kier molecular flexibility index (Phi) is 2.55. The van der Waals surface area contributed by atoms with Crippen LogP contribution in [0.5, 0.6) is 0 Å². The summed E-state index contributed by atoms with van der Waals surface area (Å²) in [5.41, 5.74) is 1.54. The van der Waals surface area contributed by atoms with Gasteiger partial charge < -0.3 is 9.52 Å². The predicted octanol–water partition coefficient (Wildman–Crippen LogP) is 2.75. The van der Waals surface area contributed by atoms with Crippen LogP contribution in [0.1, 0.15) is 28.6 Å². The van der Waals surface area contributed by atoms with E-state index in [1.54, 1.807) is 12.1 Å². The summed E-state index contributed by atoms with van der Waals surface area (Å²) in [5.74, 6) is 2.36. The van der Waals surface area contributed by atoms with Crippen molar-refractivity contribution in [3.05, 3.63) is 29.7 Å². The van der Waals surface area contributed by atoms with E-state index in [1.807, 2.05) is 11.8 Å². The molecule has 1 saturated heterocycles. The van der Waals surface area contributed by atoms with Crippen molar-refractivity contribution in [1.82, 2.24) is 4.98 Å². The van der Waals surface area contributed by atoms with Gasteiger partial charge >= 0.3 is 5.97 Å². The van der Waals surface area contributed by atoms with E-state index in [9.17, 15) is 4.79 Å². The smallest absolute Gasteiger partial charge is 0.335 e. The number of hydrogen-bond acceptors (Lipinski definition) is 4. The van der Waals surface area contributed by atoms with Crippen molar-refractivity contribution < 1.29 is 14.3 Å². The SMILES string of the molecule is O=C(O)c1ccc2nc(C3CCSC3)oc2c1. The summed E-state index contributed by atoms with van der Waals surface area (Å²) in [7, 11) is 0. The van der Waals surface area contributed by atoms with E-state index in [0.29, 0.717) is 11.5 Å². The monoisotopic (exact) mass is 249 g/mol. The van der Waals surface area contributed by atoms with Crippen LogP contribution in [0.3, 0.4) is 0 Å². The number of aromatic carboxylic acids is 1. The Balaban J connectivity index is 2.03. The van der Waals surface area contributed by atoms with E-state index in [1.165, 1.54) is 6.07 Å². The summed E-state index contributed by atoms with van der Waals surface area (Å²) in [4.78, 5) is 15.3. The van der Waals surface area contributed by atoms with E-state index in [-0.39, 0.29) is 5.56 Å². The molecule has 17 heavy (non-hydrogen) atoms. The molecule has 5 heteroatoms. The number of fused-ring (bicyclic) bond motifs is 1. The van der Waals surface area contributed by atoms with Gasteiger partial charge in [-0.25, -0.2) is 9.78 Å². The van der Waals surface area contributed by atoms with Crippen molar-refractivity contribution >= 4 is 28.8 Å². The molecule has 0 radical (unpaired) electrons. The van der Waals surface area contributed by atoms with Gasteiger partial charge in [0.25, 0.3) is 0 Å². The molecule has 1 aromatic heterocycles. The molecular formula is C12H11NO3S. The fourth-order valence-electron chi connectivity index (χ4n) is 1.98. The third-order valence-electron chi connectivity index (χ3n) is 2.93. The fraction of sp³-hybridized carbons (Fsp3) is 0.333. The van der Waals surface area contributed by atoms with Crippen LogP contribution in [-0.4, -0.2) is 27.6 Å². The first kappa shape index (κ1) is 10.7. The second-order valence-electron chi connectivity index (χ2n) is 4.10. The second-order valence-corrected chi connectivity index (χ2v) is 5.25. The highest BCUT2D eigenvalue weighted by Crippen LogP contribution is 2.33. The van der Waals surface area contributed by atoms with Gasteiger partial charge in [-0.05, 0) is 30.4 Å². The van der Waals surface area contributed by atoms with Gasteiger partial charge in [-0.15, -0.1) is 0 Å². The molecule has 4 nitrogen and oxygen atoms in total. The quantitative estimate of drug-likeness (QED) is 0.886. The summed E-state index contributed by atoms with van der Waals surface area (Å²) in [5, 5.41) is 8.90. The molecule has 1 aliphatic rings. The van der Waals surface area contributed by atoms with Crippen LogP contribution < -0.4 is 0 Å². The molecule has 1 fully saturated rings.